The summed E-state index contributed by atoms with van der Waals surface area (Å²) in [6.07, 6.45) is 3.91. The minimum atomic E-state index is 0.133. The smallest absolute Gasteiger partial charge is 0.0698 e. The zero-order chi connectivity index (χ0) is 11.1. The lowest BCUT2D eigenvalue weighted by atomic mass is 9.82. The highest BCUT2D eigenvalue weighted by atomic mass is 16.5. The summed E-state index contributed by atoms with van der Waals surface area (Å²) in [4.78, 5) is 2.49. The van der Waals surface area contributed by atoms with Gasteiger partial charge in [0.05, 0.1) is 19.8 Å². The van der Waals surface area contributed by atoms with E-state index in [-0.39, 0.29) is 6.61 Å². The maximum absolute atomic E-state index is 8.58. The van der Waals surface area contributed by atoms with Crippen LogP contribution in [0.2, 0.25) is 0 Å². The predicted octanol–water partition coefficient (Wildman–Crippen LogP) is 1.51. The Hall–Kier alpha value is -0.120. The van der Waals surface area contributed by atoms with Crippen molar-refractivity contribution in [1.82, 2.24) is 4.90 Å². The van der Waals surface area contributed by atoms with E-state index in [9.17, 15) is 0 Å². The summed E-state index contributed by atoms with van der Waals surface area (Å²) in [6, 6.07) is 0. The molecule has 0 aromatic heterocycles. The molecule has 1 saturated heterocycles. The first kappa shape index (κ1) is 12.9. The Balaban J connectivity index is 2.18. The SMILES string of the molecule is CCC1(CC)CCN(CCOCCO)C1. The standard InChI is InChI=1S/C12H25NO2/c1-3-12(4-2)5-6-13(11-12)7-9-15-10-8-14/h14H,3-11H2,1-2H3. The van der Waals surface area contributed by atoms with E-state index in [4.69, 9.17) is 9.84 Å². The van der Waals surface area contributed by atoms with Gasteiger partial charge in [-0.15, -0.1) is 0 Å². The van der Waals surface area contributed by atoms with Crippen LogP contribution in [0.3, 0.4) is 0 Å². The van der Waals surface area contributed by atoms with Crippen molar-refractivity contribution in [2.75, 3.05) is 39.5 Å². The number of aliphatic hydroxyl groups excluding tert-OH is 1. The summed E-state index contributed by atoms with van der Waals surface area (Å²) in [5.74, 6) is 0. The van der Waals surface area contributed by atoms with E-state index in [1.54, 1.807) is 0 Å². The van der Waals surface area contributed by atoms with E-state index >= 15 is 0 Å². The second kappa shape index (κ2) is 6.46. The first-order valence-electron chi connectivity index (χ1n) is 6.17. The molecule has 0 aliphatic carbocycles. The van der Waals surface area contributed by atoms with Gasteiger partial charge in [-0.25, -0.2) is 0 Å². The maximum Gasteiger partial charge on any atom is 0.0698 e. The molecule has 0 aromatic carbocycles. The largest absolute Gasteiger partial charge is 0.394 e. The third-order valence-corrected chi connectivity index (χ3v) is 3.80. The van der Waals surface area contributed by atoms with Crippen molar-refractivity contribution in [3.05, 3.63) is 0 Å². The van der Waals surface area contributed by atoms with Crippen molar-refractivity contribution < 1.29 is 9.84 Å². The number of nitrogens with zero attached hydrogens (tertiary/aromatic N) is 1. The number of hydrogen-bond donors (Lipinski definition) is 1. The topological polar surface area (TPSA) is 32.7 Å². The molecular formula is C12H25NO2. The van der Waals surface area contributed by atoms with Gasteiger partial charge in [0.25, 0.3) is 0 Å². The number of likely N-dealkylation sites (tertiary alicyclic amines) is 1. The van der Waals surface area contributed by atoms with E-state index < -0.39 is 0 Å². The highest BCUT2D eigenvalue weighted by Crippen LogP contribution is 2.36. The van der Waals surface area contributed by atoms with Crippen LogP contribution < -0.4 is 0 Å². The maximum atomic E-state index is 8.58. The molecule has 0 amide bonds. The lowest BCUT2D eigenvalue weighted by Crippen LogP contribution is -2.29. The molecule has 1 fully saturated rings. The second-order valence-electron chi connectivity index (χ2n) is 4.57. The predicted molar refractivity (Wildman–Crippen MR) is 62.0 cm³/mol. The van der Waals surface area contributed by atoms with Crippen molar-refractivity contribution >= 4 is 0 Å². The summed E-state index contributed by atoms with van der Waals surface area (Å²) < 4.78 is 5.29. The Labute approximate surface area is 93.4 Å². The molecule has 0 spiro atoms. The Morgan fingerprint density at radius 1 is 1.27 bits per heavy atom. The molecule has 1 aliphatic rings. The second-order valence-corrected chi connectivity index (χ2v) is 4.57. The third kappa shape index (κ3) is 3.74. The van der Waals surface area contributed by atoms with Crippen LogP contribution >= 0.6 is 0 Å². The van der Waals surface area contributed by atoms with E-state index in [0.717, 1.165) is 13.2 Å². The first-order valence-corrected chi connectivity index (χ1v) is 6.17. The summed E-state index contributed by atoms with van der Waals surface area (Å²) >= 11 is 0. The minimum Gasteiger partial charge on any atom is -0.394 e. The monoisotopic (exact) mass is 215 g/mol. The summed E-state index contributed by atoms with van der Waals surface area (Å²) in [5, 5.41) is 8.58. The molecule has 0 atom stereocenters. The molecule has 0 aromatic rings. The van der Waals surface area contributed by atoms with Crippen LogP contribution in [0.1, 0.15) is 33.1 Å². The fraction of sp³-hybridized carbons (Fsp3) is 1.00. The van der Waals surface area contributed by atoms with Crippen LogP contribution in [-0.4, -0.2) is 49.5 Å². The summed E-state index contributed by atoms with van der Waals surface area (Å²) in [6.45, 7) is 9.41. The molecule has 0 bridgehead atoms. The van der Waals surface area contributed by atoms with E-state index in [0.29, 0.717) is 12.0 Å². The van der Waals surface area contributed by atoms with Gasteiger partial charge in [0.2, 0.25) is 0 Å². The molecule has 1 rings (SSSR count). The van der Waals surface area contributed by atoms with Crippen molar-refractivity contribution in [1.29, 1.82) is 0 Å². The van der Waals surface area contributed by atoms with Gasteiger partial charge in [-0.3, -0.25) is 0 Å². The minimum absolute atomic E-state index is 0.133. The number of aliphatic hydroxyl groups is 1. The van der Waals surface area contributed by atoms with Crippen LogP contribution in [0, 0.1) is 5.41 Å². The molecule has 0 saturated carbocycles. The van der Waals surface area contributed by atoms with Crippen LogP contribution in [0.4, 0.5) is 0 Å². The van der Waals surface area contributed by atoms with E-state index in [1.807, 2.05) is 0 Å². The van der Waals surface area contributed by atoms with Crippen molar-refractivity contribution in [2.45, 2.75) is 33.1 Å². The van der Waals surface area contributed by atoms with Crippen LogP contribution in [0.5, 0.6) is 0 Å². The van der Waals surface area contributed by atoms with Gasteiger partial charge in [0.15, 0.2) is 0 Å². The molecule has 1 heterocycles. The zero-order valence-electron chi connectivity index (χ0n) is 10.2. The Bertz CT molecular complexity index is 169. The number of rotatable bonds is 7. The molecule has 90 valence electrons. The van der Waals surface area contributed by atoms with Crippen LogP contribution in [-0.2, 0) is 4.74 Å². The average molecular weight is 215 g/mol. The molecule has 0 unspecified atom stereocenters. The average Bonchev–Trinajstić information content (AvgIpc) is 2.69. The Kier molecular flexibility index (Phi) is 5.58. The fourth-order valence-electron chi connectivity index (χ4n) is 2.41. The molecule has 15 heavy (non-hydrogen) atoms. The fourth-order valence-corrected chi connectivity index (χ4v) is 2.41. The molecule has 3 heteroatoms. The Morgan fingerprint density at radius 2 is 2.00 bits per heavy atom. The molecule has 1 aliphatic heterocycles. The van der Waals surface area contributed by atoms with Crippen molar-refractivity contribution in [3.63, 3.8) is 0 Å². The van der Waals surface area contributed by atoms with Crippen LogP contribution in [0.25, 0.3) is 0 Å². The number of hydrogen-bond acceptors (Lipinski definition) is 3. The van der Waals surface area contributed by atoms with Crippen molar-refractivity contribution in [3.8, 4) is 0 Å². The quantitative estimate of drug-likeness (QED) is 0.653. The molecule has 3 nitrogen and oxygen atoms in total. The Morgan fingerprint density at radius 3 is 2.53 bits per heavy atom. The van der Waals surface area contributed by atoms with Gasteiger partial charge in [-0.1, -0.05) is 13.8 Å². The molecular weight excluding hydrogens is 190 g/mol. The van der Waals surface area contributed by atoms with E-state index in [2.05, 4.69) is 18.7 Å². The van der Waals surface area contributed by atoms with Gasteiger partial charge in [0.1, 0.15) is 0 Å². The van der Waals surface area contributed by atoms with E-state index in [1.165, 1.54) is 32.4 Å². The lowest BCUT2D eigenvalue weighted by Gasteiger charge is -2.26. The van der Waals surface area contributed by atoms with Gasteiger partial charge in [-0.05, 0) is 31.2 Å². The van der Waals surface area contributed by atoms with Gasteiger partial charge >= 0.3 is 0 Å². The summed E-state index contributed by atoms with van der Waals surface area (Å²) in [5.41, 5.74) is 0.566. The van der Waals surface area contributed by atoms with Gasteiger partial charge < -0.3 is 14.7 Å². The molecule has 1 N–H and O–H groups in total. The third-order valence-electron chi connectivity index (χ3n) is 3.80. The highest BCUT2D eigenvalue weighted by Gasteiger charge is 2.34. The van der Waals surface area contributed by atoms with Crippen LogP contribution in [0.15, 0.2) is 0 Å². The van der Waals surface area contributed by atoms with Gasteiger partial charge in [-0.2, -0.15) is 0 Å². The van der Waals surface area contributed by atoms with Gasteiger partial charge in [0, 0.05) is 13.1 Å². The zero-order valence-corrected chi connectivity index (χ0v) is 10.2. The summed E-state index contributed by atoms with van der Waals surface area (Å²) in [7, 11) is 0. The van der Waals surface area contributed by atoms with Crippen molar-refractivity contribution in [2.24, 2.45) is 5.41 Å². The lowest BCUT2D eigenvalue weighted by molar-refractivity contribution is 0.0754. The highest BCUT2D eigenvalue weighted by molar-refractivity contribution is 4.87. The normalized spacial score (nSPS) is 21.0. The number of ether oxygens (including phenoxy) is 1. The molecule has 0 radical (unpaired) electrons. The first-order chi connectivity index (χ1) is 7.26.